The van der Waals surface area contributed by atoms with Crippen molar-refractivity contribution in [2.45, 2.75) is 15.5 Å². The molecule has 5 rings (SSSR count). The number of carbonyl (C=O) groups is 1. The minimum atomic E-state index is -4.69. The lowest BCUT2D eigenvalue weighted by atomic mass is 9.98. The Morgan fingerprint density at radius 2 is 1.89 bits per heavy atom. The Morgan fingerprint density at radius 3 is 2.47 bits per heavy atom. The van der Waals surface area contributed by atoms with E-state index in [9.17, 15) is 21.2 Å². The van der Waals surface area contributed by atoms with E-state index >= 15 is 0 Å². The number of primary sulfonamides is 1. The number of rotatable bonds is 7. The molecule has 19 heteroatoms. The largest absolute Gasteiger partial charge is 0.554 e. The second-order valence-electron chi connectivity index (χ2n) is 7.98. The molecule has 1 aliphatic rings. The van der Waals surface area contributed by atoms with E-state index in [0.717, 1.165) is 10.8 Å². The zero-order valence-electron chi connectivity index (χ0n) is 19.1. The molecule has 38 heavy (non-hydrogen) atoms. The van der Waals surface area contributed by atoms with Gasteiger partial charge in [0.2, 0.25) is 25.9 Å². The first-order valence-electron chi connectivity index (χ1n) is 10.4. The lowest BCUT2D eigenvalue weighted by molar-refractivity contribution is -0.283. The number of tetrazole rings is 1. The number of hydrogen-bond acceptors (Lipinski definition) is 13. The summed E-state index contributed by atoms with van der Waals surface area (Å²) in [5, 5.41) is 30.2. The van der Waals surface area contributed by atoms with Crippen LogP contribution in [0.2, 0.25) is 0 Å². The Balaban J connectivity index is 0.00000107. The molecule has 0 atom stereocenters. The van der Waals surface area contributed by atoms with Crippen LogP contribution in [0.25, 0.3) is 32.7 Å². The topological polar surface area (TPSA) is 252 Å². The van der Waals surface area contributed by atoms with Crippen LogP contribution in [0, 0.1) is 0 Å². The van der Waals surface area contributed by atoms with Gasteiger partial charge >= 0.3 is 0 Å². The maximum absolute atomic E-state index is 14.4. The number of nitrogen functional groups attached to an aromatic ring is 1. The molecular formula is C19H19FN9O6S3-. The summed E-state index contributed by atoms with van der Waals surface area (Å²) in [7, 11) is -9.22. The molecule has 0 saturated carbocycles. The molecule has 0 aliphatic carbocycles. The summed E-state index contributed by atoms with van der Waals surface area (Å²) < 4.78 is 69.3. The molecule has 1 saturated heterocycles. The normalized spacial score (nSPS) is 14.9. The molecule has 0 radical (unpaired) electrons. The highest BCUT2D eigenvalue weighted by atomic mass is 32.2. The number of thiazole rings is 1. The highest BCUT2D eigenvalue weighted by Crippen LogP contribution is 2.41. The number of para-hydroxylation sites is 1. The van der Waals surface area contributed by atoms with Crippen molar-refractivity contribution in [1.29, 1.82) is 0 Å². The quantitative estimate of drug-likeness (QED) is 0.153. The molecule has 0 amide bonds. The van der Waals surface area contributed by atoms with E-state index in [2.05, 4.69) is 35.6 Å². The standard InChI is InChI=1S/C18H18FN9O4S3.CH2O2/c19-18(6-22-7-18)8-23-35(31,32)12-5-4-9(10-2-1-3-11-14(10)24-17(20)33-11)13(15(12)34(21,29)30)16-25-27-28-26-16;2-1-3/h1-5,22-23H,6-8H2,(H2,20,24)(H2,21,29,30)(H,25,26,27,28);1H,(H,2,3)/p-1. The van der Waals surface area contributed by atoms with E-state index < -0.39 is 48.5 Å². The molecule has 1 fully saturated rings. The number of carbonyl (C=O) groups excluding carboxylic acids is 1. The molecule has 7 N–H and O–H groups in total. The van der Waals surface area contributed by atoms with Gasteiger partial charge in [-0.1, -0.05) is 29.5 Å². The van der Waals surface area contributed by atoms with Gasteiger partial charge in [-0.25, -0.2) is 36.1 Å². The number of carboxylic acid groups (broad SMARTS) is 1. The SMILES string of the molecule is Nc1nc2c(-c3ccc(S(=O)(=O)NCC4(F)CNC4)c(S(N)(=O)=O)c3-c3nn[nH]n3)cccc2s1.O=C[O-]. The number of fused-ring (bicyclic) bond motifs is 1. The van der Waals surface area contributed by atoms with Crippen LogP contribution >= 0.6 is 11.3 Å². The van der Waals surface area contributed by atoms with Gasteiger partial charge in [0.15, 0.2) is 5.13 Å². The van der Waals surface area contributed by atoms with Crippen LogP contribution in [-0.2, 0) is 24.8 Å². The number of H-pyrrole nitrogens is 1. The summed E-state index contributed by atoms with van der Waals surface area (Å²) in [5.74, 6) is -0.216. The summed E-state index contributed by atoms with van der Waals surface area (Å²) in [4.78, 5) is 11.1. The van der Waals surface area contributed by atoms with Crippen molar-refractivity contribution in [3.63, 3.8) is 0 Å². The first-order chi connectivity index (χ1) is 17.9. The lowest BCUT2D eigenvalue weighted by Crippen LogP contribution is -2.61. The minimum absolute atomic E-state index is 0.0363. The lowest BCUT2D eigenvalue weighted by Gasteiger charge is -2.34. The van der Waals surface area contributed by atoms with Crippen molar-refractivity contribution >= 4 is 53.2 Å². The molecular weight excluding hydrogens is 565 g/mol. The van der Waals surface area contributed by atoms with E-state index in [-0.39, 0.29) is 35.2 Å². The number of aromatic nitrogens is 5. The van der Waals surface area contributed by atoms with Crippen LogP contribution in [0.5, 0.6) is 0 Å². The highest BCUT2D eigenvalue weighted by Gasteiger charge is 2.39. The van der Waals surface area contributed by atoms with Gasteiger partial charge in [0.1, 0.15) is 15.5 Å². The van der Waals surface area contributed by atoms with Gasteiger partial charge in [-0.2, -0.15) is 5.21 Å². The molecule has 4 aromatic rings. The fourth-order valence-corrected chi connectivity index (χ4v) is 7.25. The van der Waals surface area contributed by atoms with Crippen molar-refractivity contribution in [3.05, 3.63) is 30.3 Å². The van der Waals surface area contributed by atoms with Crippen molar-refractivity contribution < 1.29 is 31.1 Å². The number of anilines is 1. The predicted molar refractivity (Wildman–Crippen MR) is 132 cm³/mol. The average molecular weight is 585 g/mol. The Bertz CT molecular complexity index is 1710. The van der Waals surface area contributed by atoms with E-state index in [4.69, 9.17) is 20.8 Å². The van der Waals surface area contributed by atoms with Gasteiger partial charge in [-0.05, 0) is 22.9 Å². The number of nitrogens with one attached hydrogen (secondary N) is 3. The van der Waals surface area contributed by atoms with Crippen LogP contribution in [0.15, 0.2) is 40.1 Å². The van der Waals surface area contributed by atoms with Gasteiger partial charge in [-0.3, -0.25) is 0 Å². The average Bonchev–Trinajstić information content (AvgIpc) is 3.49. The third-order valence-corrected chi connectivity index (χ3v) is 8.87. The second-order valence-corrected chi connectivity index (χ2v) is 12.3. The predicted octanol–water partition coefficient (Wildman–Crippen LogP) is -1.67. The summed E-state index contributed by atoms with van der Waals surface area (Å²) in [5.41, 5.74) is 5.01. The van der Waals surface area contributed by atoms with Gasteiger partial charge in [-0.15, -0.1) is 10.2 Å². The molecule has 15 nitrogen and oxygen atoms in total. The Kier molecular flexibility index (Phi) is 7.41. The van der Waals surface area contributed by atoms with Crippen LogP contribution < -0.4 is 26.0 Å². The third-order valence-electron chi connectivity index (χ3n) is 5.45. The van der Waals surface area contributed by atoms with Crippen LogP contribution in [0.4, 0.5) is 9.52 Å². The number of hydrogen-bond donors (Lipinski definition) is 5. The van der Waals surface area contributed by atoms with Crippen LogP contribution in [-0.4, -0.2) is 74.2 Å². The van der Waals surface area contributed by atoms with E-state index in [0.29, 0.717) is 11.1 Å². The van der Waals surface area contributed by atoms with Gasteiger partial charge < -0.3 is 21.0 Å². The maximum atomic E-state index is 14.4. The number of aromatic amines is 1. The monoisotopic (exact) mass is 584 g/mol. The van der Waals surface area contributed by atoms with Gasteiger partial charge in [0, 0.05) is 31.7 Å². The molecule has 202 valence electrons. The van der Waals surface area contributed by atoms with Crippen molar-refractivity contribution in [3.8, 4) is 22.5 Å². The fraction of sp³-hybridized carbons (Fsp3) is 0.211. The van der Waals surface area contributed by atoms with E-state index in [1.165, 1.54) is 17.4 Å². The summed E-state index contributed by atoms with van der Waals surface area (Å²) in [6.07, 6.45) is 0. The maximum Gasteiger partial charge on any atom is 0.242 e. The minimum Gasteiger partial charge on any atom is -0.554 e. The number of sulfonamides is 2. The molecule has 0 bridgehead atoms. The molecule has 2 aromatic heterocycles. The molecule has 3 heterocycles. The zero-order chi connectivity index (χ0) is 27.7. The fourth-order valence-electron chi connectivity index (χ4n) is 3.78. The number of benzene rings is 2. The van der Waals surface area contributed by atoms with Crippen LogP contribution in [0.3, 0.4) is 0 Å². The smallest absolute Gasteiger partial charge is 0.242 e. The van der Waals surface area contributed by atoms with E-state index in [1.807, 2.05) is 0 Å². The van der Waals surface area contributed by atoms with E-state index in [1.54, 1.807) is 18.2 Å². The number of nitrogens with two attached hydrogens (primary N) is 2. The molecule has 2 aromatic carbocycles. The summed E-state index contributed by atoms with van der Waals surface area (Å²) >= 11 is 1.23. The highest BCUT2D eigenvalue weighted by molar-refractivity contribution is 7.92. The first kappa shape index (κ1) is 27.4. The van der Waals surface area contributed by atoms with Gasteiger partial charge in [0.05, 0.1) is 15.8 Å². The summed E-state index contributed by atoms with van der Waals surface area (Å²) in [6, 6.07) is 7.63. The molecule has 1 aliphatic heterocycles. The van der Waals surface area contributed by atoms with Crippen molar-refractivity contribution in [2.75, 3.05) is 25.4 Å². The second kappa shape index (κ2) is 10.3. The number of alkyl halides is 1. The summed E-state index contributed by atoms with van der Waals surface area (Å²) in [6.45, 7) is -1.13. The Hall–Kier alpha value is -3.62. The van der Waals surface area contributed by atoms with Crippen molar-refractivity contribution in [1.82, 2.24) is 35.6 Å². The third kappa shape index (κ3) is 5.33. The van der Waals surface area contributed by atoms with Crippen LogP contribution in [0.1, 0.15) is 0 Å². The Morgan fingerprint density at radius 1 is 1.18 bits per heavy atom. The Labute approximate surface area is 218 Å². The number of halogens is 1. The van der Waals surface area contributed by atoms with Crippen molar-refractivity contribution in [2.24, 2.45) is 5.14 Å². The van der Waals surface area contributed by atoms with Gasteiger partial charge in [0.25, 0.3) is 0 Å². The molecule has 0 spiro atoms. The number of nitrogens with zero attached hydrogens (tertiary/aromatic N) is 4. The molecule has 0 unspecified atom stereocenters. The zero-order valence-corrected chi connectivity index (χ0v) is 21.5. The first-order valence-corrected chi connectivity index (χ1v) is 14.3.